The van der Waals surface area contributed by atoms with Gasteiger partial charge in [-0.25, -0.2) is 0 Å². The summed E-state index contributed by atoms with van der Waals surface area (Å²) < 4.78 is 0. The van der Waals surface area contributed by atoms with E-state index in [1.165, 1.54) is 0 Å². The van der Waals surface area contributed by atoms with Gasteiger partial charge in [0.25, 0.3) is 0 Å². The Morgan fingerprint density at radius 1 is 1.33 bits per heavy atom. The quantitative estimate of drug-likeness (QED) is 0.781. The van der Waals surface area contributed by atoms with Crippen LogP contribution in [0.25, 0.3) is 0 Å². The SMILES string of the molecule is C=CCCC(O)Cc1ccc(Cl)c(Cl)c1. The molecular weight excluding hydrogens is 231 g/mol. The van der Waals surface area contributed by atoms with Crippen molar-refractivity contribution in [2.75, 3.05) is 0 Å². The van der Waals surface area contributed by atoms with E-state index in [0.29, 0.717) is 16.5 Å². The van der Waals surface area contributed by atoms with Crippen molar-refractivity contribution in [2.45, 2.75) is 25.4 Å². The fraction of sp³-hybridized carbons (Fsp3) is 0.333. The van der Waals surface area contributed by atoms with Gasteiger partial charge in [-0.3, -0.25) is 0 Å². The molecule has 0 saturated heterocycles. The zero-order valence-electron chi connectivity index (χ0n) is 8.42. The number of allylic oxidation sites excluding steroid dienone is 1. The summed E-state index contributed by atoms with van der Waals surface area (Å²) in [6, 6.07) is 5.42. The van der Waals surface area contributed by atoms with E-state index in [2.05, 4.69) is 6.58 Å². The molecule has 0 aliphatic rings. The van der Waals surface area contributed by atoms with Crippen LogP contribution in [0.1, 0.15) is 18.4 Å². The Morgan fingerprint density at radius 3 is 2.67 bits per heavy atom. The standard InChI is InChI=1S/C12H14Cl2O/c1-2-3-4-10(15)7-9-5-6-11(13)12(14)8-9/h2,5-6,8,10,15H,1,3-4,7H2. The van der Waals surface area contributed by atoms with Crippen molar-refractivity contribution in [2.24, 2.45) is 0 Å². The van der Waals surface area contributed by atoms with Crippen LogP contribution in [0.3, 0.4) is 0 Å². The second kappa shape index (κ2) is 6.16. The largest absolute Gasteiger partial charge is 0.393 e. The number of benzene rings is 1. The predicted molar refractivity (Wildman–Crippen MR) is 65.6 cm³/mol. The Bertz CT molecular complexity index is 336. The lowest BCUT2D eigenvalue weighted by molar-refractivity contribution is 0.166. The number of rotatable bonds is 5. The monoisotopic (exact) mass is 244 g/mol. The Morgan fingerprint density at radius 2 is 2.07 bits per heavy atom. The molecule has 0 fully saturated rings. The van der Waals surface area contributed by atoms with Gasteiger partial charge in [-0.1, -0.05) is 35.3 Å². The molecule has 1 aromatic rings. The number of aliphatic hydroxyl groups is 1. The summed E-state index contributed by atoms with van der Waals surface area (Å²) in [5, 5.41) is 10.7. The van der Waals surface area contributed by atoms with Crippen LogP contribution >= 0.6 is 23.2 Å². The fourth-order valence-corrected chi connectivity index (χ4v) is 1.67. The molecule has 82 valence electrons. The van der Waals surface area contributed by atoms with Crippen LogP contribution in [0.4, 0.5) is 0 Å². The minimum atomic E-state index is -0.347. The first-order chi connectivity index (χ1) is 7.13. The summed E-state index contributed by atoms with van der Waals surface area (Å²) >= 11 is 11.7. The summed E-state index contributed by atoms with van der Waals surface area (Å²) in [6.07, 6.45) is 3.61. The Labute approximate surface area is 100 Å². The highest BCUT2D eigenvalue weighted by Gasteiger charge is 2.06. The van der Waals surface area contributed by atoms with Gasteiger partial charge in [0.2, 0.25) is 0 Å². The first-order valence-electron chi connectivity index (χ1n) is 4.86. The molecule has 1 rings (SSSR count). The van der Waals surface area contributed by atoms with Gasteiger partial charge in [-0.05, 0) is 37.0 Å². The van der Waals surface area contributed by atoms with Gasteiger partial charge in [0.05, 0.1) is 16.1 Å². The van der Waals surface area contributed by atoms with Crippen LogP contribution < -0.4 is 0 Å². The van der Waals surface area contributed by atoms with Gasteiger partial charge < -0.3 is 5.11 Å². The number of halogens is 2. The molecule has 1 N–H and O–H groups in total. The molecule has 0 saturated carbocycles. The summed E-state index contributed by atoms with van der Waals surface area (Å²) in [7, 11) is 0. The number of aliphatic hydroxyl groups excluding tert-OH is 1. The molecule has 15 heavy (non-hydrogen) atoms. The molecule has 1 atom stereocenters. The van der Waals surface area contributed by atoms with E-state index in [9.17, 15) is 5.11 Å². The molecule has 0 bridgehead atoms. The molecule has 0 amide bonds. The molecule has 3 heteroatoms. The zero-order chi connectivity index (χ0) is 11.3. The van der Waals surface area contributed by atoms with Crippen molar-refractivity contribution < 1.29 is 5.11 Å². The number of hydrogen-bond acceptors (Lipinski definition) is 1. The minimum Gasteiger partial charge on any atom is -0.393 e. The minimum absolute atomic E-state index is 0.347. The van der Waals surface area contributed by atoms with Crippen molar-refractivity contribution in [1.82, 2.24) is 0 Å². The van der Waals surface area contributed by atoms with Crippen LogP contribution in [-0.2, 0) is 6.42 Å². The molecule has 1 nitrogen and oxygen atoms in total. The molecule has 0 aliphatic heterocycles. The summed E-state index contributed by atoms with van der Waals surface area (Å²) in [5.41, 5.74) is 1.00. The van der Waals surface area contributed by atoms with Crippen molar-refractivity contribution in [1.29, 1.82) is 0 Å². The van der Waals surface area contributed by atoms with Crippen LogP contribution in [0, 0.1) is 0 Å². The molecule has 0 aliphatic carbocycles. The van der Waals surface area contributed by atoms with Gasteiger partial charge in [0, 0.05) is 0 Å². The summed E-state index contributed by atoms with van der Waals surface area (Å²) in [6.45, 7) is 3.62. The summed E-state index contributed by atoms with van der Waals surface area (Å²) in [5.74, 6) is 0. The zero-order valence-corrected chi connectivity index (χ0v) is 9.93. The lowest BCUT2D eigenvalue weighted by atomic mass is 10.0. The Kier molecular flexibility index (Phi) is 5.16. The van der Waals surface area contributed by atoms with Gasteiger partial charge in [0.15, 0.2) is 0 Å². The Hall–Kier alpha value is -0.500. The molecule has 0 heterocycles. The lowest BCUT2D eigenvalue weighted by Crippen LogP contribution is -2.09. The number of hydrogen-bond donors (Lipinski definition) is 1. The summed E-state index contributed by atoms with van der Waals surface area (Å²) in [4.78, 5) is 0. The predicted octanol–water partition coefficient (Wildman–Crippen LogP) is 3.86. The highest BCUT2D eigenvalue weighted by Crippen LogP contribution is 2.23. The first-order valence-corrected chi connectivity index (χ1v) is 5.62. The van der Waals surface area contributed by atoms with E-state index in [1.807, 2.05) is 6.07 Å². The van der Waals surface area contributed by atoms with Crippen LogP contribution in [0.5, 0.6) is 0 Å². The second-order valence-corrected chi connectivity index (χ2v) is 4.29. The van der Waals surface area contributed by atoms with E-state index < -0.39 is 0 Å². The molecule has 0 radical (unpaired) electrons. The molecular formula is C12H14Cl2O. The first kappa shape index (κ1) is 12.6. The van der Waals surface area contributed by atoms with Crippen LogP contribution in [0.15, 0.2) is 30.9 Å². The van der Waals surface area contributed by atoms with E-state index in [0.717, 1.165) is 18.4 Å². The molecule has 1 unspecified atom stereocenters. The van der Waals surface area contributed by atoms with Crippen LogP contribution in [-0.4, -0.2) is 11.2 Å². The highest BCUT2D eigenvalue weighted by atomic mass is 35.5. The van der Waals surface area contributed by atoms with E-state index in [1.54, 1.807) is 18.2 Å². The van der Waals surface area contributed by atoms with Gasteiger partial charge in [0.1, 0.15) is 0 Å². The third-order valence-electron chi connectivity index (χ3n) is 2.16. The molecule has 0 spiro atoms. The smallest absolute Gasteiger partial charge is 0.0595 e. The third-order valence-corrected chi connectivity index (χ3v) is 2.90. The van der Waals surface area contributed by atoms with Crippen molar-refractivity contribution >= 4 is 23.2 Å². The van der Waals surface area contributed by atoms with E-state index in [-0.39, 0.29) is 6.10 Å². The van der Waals surface area contributed by atoms with E-state index in [4.69, 9.17) is 23.2 Å². The Balaban J connectivity index is 2.56. The van der Waals surface area contributed by atoms with Crippen molar-refractivity contribution in [3.8, 4) is 0 Å². The van der Waals surface area contributed by atoms with E-state index >= 15 is 0 Å². The highest BCUT2D eigenvalue weighted by molar-refractivity contribution is 6.42. The normalized spacial score (nSPS) is 12.5. The average Bonchev–Trinajstić information content (AvgIpc) is 2.20. The maximum atomic E-state index is 9.67. The molecule has 1 aromatic carbocycles. The van der Waals surface area contributed by atoms with Gasteiger partial charge in [-0.15, -0.1) is 6.58 Å². The maximum Gasteiger partial charge on any atom is 0.0595 e. The molecule has 0 aromatic heterocycles. The van der Waals surface area contributed by atoms with Gasteiger partial charge >= 0.3 is 0 Å². The van der Waals surface area contributed by atoms with Gasteiger partial charge in [-0.2, -0.15) is 0 Å². The van der Waals surface area contributed by atoms with Crippen molar-refractivity contribution in [3.63, 3.8) is 0 Å². The maximum absolute atomic E-state index is 9.67. The van der Waals surface area contributed by atoms with Crippen molar-refractivity contribution in [3.05, 3.63) is 46.5 Å². The van der Waals surface area contributed by atoms with Crippen LogP contribution in [0.2, 0.25) is 10.0 Å². The second-order valence-electron chi connectivity index (χ2n) is 3.47. The average molecular weight is 245 g/mol. The fourth-order valence-electron chi connectivity index (χ4n) is 1.35. The third kappa shape index (κ3) is 4.25. The topological polar surface area (TPSA) is 20.2 Å². The lowest BCUT2D eigenvalue weighted by Gasteiger charge is -2.09.